The normalized spacial score (nSPS) is 8.71. The van der Waals surface area contributed by atoms with Crippen LogP contribution in [-0.2, 0) is 0 Å². The van der Waals surface area contributed by atoms with Crippen LogP contribution in [0.2, 0.25) is 0 Å². The molecule has 1 nitrogen and oxygen atoms in total. The van der Waals surface area contributed by atoms with E-state index in [1.54, 1.807) is 0 Å². The van der Waals surface area contributed by atoms with Crippen LogP contribution in [0.25, 0.3) is 0 Å². The van der Waals surface area contributed by atoms with E-state index in [4.69, 9.17) is 0 Å². The molecular formula is C5H7NSe. The maximum absolute atomic E-state index is 3.09. The Labute approximate surface area is 49.1 Å². The topological polar surface area (TPSA) is 12.0 Å². The second-order valence-electron chi connectivity index (χ2n) is 1.23. The third kappa shape index (κ3) is 1.08. The molecule has 0 atom stereocenters. The number of nitrogens with one attached hydrogen (secondary N) is 1. The summed E-state index contributed by atoms with van der Waals surface area (Å²) in [7, 11) is 1.96. The van der Waals surface area contributed by atoms with Gasteiger partial charge in [0, 0.05) is 0 Å². The monoisotopic (exact) mass is 161 g/mol. The molecule has 0 radical (unpaired) electrons. The number of hydrogen-bond acceptors (Lipinski definition) is 1. The summed E-state index contributed by atoms with van der Waals surface area (Å²) in [5.74, 6) is 0. The second-order valence-corrected chi connectivity index (χ2v) is 3.22. The molecule has 1 rings (SSSR count). The summed E-state index contributed by atoms with van der Waals surface area (Å²) in [6, 6.07) is 4.20. The molecular weight excluding hydrogens is 153 g/mol. The van der Waals surface area contributed by atoms with Gasteiger partial charge in [-0.3, -0.25) is 0 Å². The Morgan fingerprint density at radius 1 is 1.71 bits per heavy atom. The van der Waals surface area contributed by atoms with Crippen molar-refractivity contribution in [3.63, 3.8) is 0 Å². The van der Waals surface area contributed by atoms with Crippen LogP contribution in [0.1, 0.15) is 0 Å². The Morgan fingerprint density at radius 2 is 2.57 bits per heavy atom. The van der Waals surface area contributed by atoms with Crippen LogP contribution in [0.5, 0.6) is 0 Å². The third-order valence-corrected chi connectivity index (χ3v) is 2.63. The van der Waals surface area contributed by atoms with Crippen molar-refractivity contribution >= 4 is 19.1 Å². The molecule has 0 saturated heterocycles. The maximum atomic E-state index is 3.09. The van der Waals surface area contributed by atoms with Crippen LogP contribution in [0, 0.1) is 0 Å². The van der Waals surface area contributed by atoms with Gasteiger partial charge in [-0.1, -0.05) is 0 Å². The Bertz CT molecular complexity index is 123. The SMILES string of the molecule is CNc1ccc[se]1. The molecule has 0 aromatic carbocycles. The van der Waals surface area contributed by atoms with Gasteiger partial charge in [0.1, 0.15) is 0 Å². The Morgan fingerprint density at radius 3 is 2.86 bits per heavy atom. The van der Waals surface area contributed by atoms with Crippen molar-refractivity contribution in [2.45, 2.75) is 0 Å². The van der Waals surface area contributed by atoms with Crippen molar-refractivity contribution in [2.24, 2.45) is 0 Å². The van der Waals surface area contributed by atoms with E-state index >= 15 is 0 Å². The summed E-state index contributed by atoms with van der Waals surface area (Å²) < 4.78 is 1.37. The van der Waals surface area contributed by atoms with Crippen molar-refractivity contribution < 1.29 is 0 Å². The summed E-state index contributed by atoms with van der Waals surface area (Å²) in [4.78, 5) is 2.19. The van der Waals surface area contributed by atoms with E-state index in [-0.39, 0.29) is 0 Å². The van der Waals surface area contributed by atoms with Crippen LogP contribution in [0.3, 0.4) is 0 Å². The quantitative estimate of drug-likeness (QED) is 0.599. The first kappa shape index (κ1) is 4.95. The molecule has 0 fully saturated rings. The van der Waals surface area contributed by atoms with Crippen LogP contribution in [-0.4, -0.2) is 21.6 Å². The zero-order valence-electron chi connectivity index (χ0n) is 4.14. The van der Waals surface area contributed by atoms with E-state index < -0.39 is 0 Å². The summed E-state index contributed by atoms with van der Waals surface area (Å²) in [6.07, 6.45) is 0. The van der Waals surface area contributed by atoms with Gasteiger partial charge >= 0.3 is 48.5 Å². The molecule has 0 spiro atoms. The van der Waals surface area contributed by atoms with Crippen molar-refractivity contribution in [1.82, 2.24) is 0 Å². The summed E-state index contributed by atoms with van der Waals surface area (Å²) in [6.45, 7) is 0. The Balaban J connectivity index is 2.76. The molecule has 38 valence electrons. The van der Waals surface area contributed by atoms with Gasteiger partial charge in [-0.2, -0.15) is 0 Å². The Hall–Kier alpha value is -0.201. The van der Waals surface area contributed by atoms with Crippen LogP contribution in [0.15, 0.2) is 17.1 Å². The molecule has 0 unspecified atom stereocenters. The van der Waals surface area contributed by atoms with E-state index in [9.17, 15) is 0 Å². The fraction of sp³-hybridized carbons (Fsp3) is 0.200. The van der Waals surface area contributed by atoms with Gasteiger partial charge in [0.2, 0.25) is 0 Å². The van der Waals surface area contributed by atoms with Crippen molar-refractivity contribution in [3.8, 4) is 0 Å². The average molecular weight is 160 g/mol. The number of rotatable bonds is 1. The van der Waals surface area contributed by atoms with Gasteiger partial charge in [-0.05, 0) is 0 Å². The fourth-order valence-electron chi connectivity index (χ4n) is 0.421. The van der Waals surface area contributed by atoms with E-state index in [1.165, 1.54) is 4.56 Å². The summed E-state index contributed by atoms with van der Waals surface area (Å²) >= 11 is 0.606. The molecule has 1 aromatic heterocycles. The van der Waals surface area contributed by atoms with E-state index in [0.29, 0.717) is 14.5 Å². The van der Waals surface area contributed by atoms with Gasteiger partial charge < -0.3 is 0 Å². The number of hydrogen-bond donors (Lipinski definition) is 1. The Kier molecular flexibility index (Phi) is 1.55. The minimum absolute atomic E-state index is 0.606. The fourth-order valence-corrected chi connectivity index (χ4v) is 1.64. The molecule has 0 saturated carbocycles. The first-order valence-electron chi connectivity index (χ1n) is 2.15. The second kappa shape index (κ2) is 2.20. The van der Waals surface area contributed by atoms with Crippen LogP contribution < -0.4 is 5.32 Å². The van der Waals surface area contributed by atoms with Gasteiger partial charge in [-0.15, -0.1) is 0 Å². The van der Waals surface area contributed by atoms with Gasteiger partial charge in [-0.25, -0.2) is 0 Å². The first-order valence-corrected chi connectivity index (χ1v) is 3.99. The number of anilines is 1. The standard InChI is InChI=1S/C5H7NSe/c1-6-5-3-2-4-7-5/h2-4,6H,1H3. The molecule has 1 N–H and O–H groups in total. The minimum atomic E-state index is 0.606. The molecule has 0 aliphatic carbocycles. The molecule has 1 heterocycles. The predicted molar refractivity (Wildman–Crippen MR) is 32.9 cm³/mol. The van der Waals surface area contributed by atoms with Crippen LogP contribution in [0.4, 0.5) is 4.56 Å². The zero-order valence-corrected chi connectivity index (χ0v) is 5.85. The molecule has 0 bridgehead atoms. The molecule has 2 heteroatoms. The van der Waals surface area contributed by atoms with E-state index in [0.717, 1.165) is 0 Å². The van der Waals surface area contributed by atoms with E-state index in [2.05, 4.69) is 22.4 Å². The van der Waals surface area contributed by atoms with Gasteiger partial charge in [0.05, 0.1) is 0 Å². The summed E-state index contributed by atoms with van der Waals surface area (Å²) in [5, 5.41) is 3.09. The van der Waals surface area contributed by atoms with E-state index in [1.807, 2.05) is 7.05 Å². The van der Waals surface area contributed by atoms with Gasteiger partial charge in [0.25, 0.3) is 0 Å². The van der Waals surface area contributed by atoms with Gasteiger partial charge in [0.15, 0.2) is 0 Å². The first-order chi connectivity index (χ1) is 3.43. The molecule has 0 aliphatic heterocycles. The molecule has 7 heavy (non-hydrogen) atoms. The van der Waals surface area contributed by atoms with Crippen molar-refractivity contribution in [1.29, 1.82) is 0 Å². The third-order valence-electron chi connectivity index (χ3n) is 0.768. The average Bonchev–Trinajstić information content (AvgIpc) is 2.14. The molecule has 0 aliphatic rings. The molecule has 1 aromatic rings. The molecule has 0 amide bonds. The van der Waals surface area contributed by atoms with Crippen molar-refractivity contribution in [2.75, 3.05) is 12.4 Å². The predicted octanol–water partition coefficient (Wildman–Crippen LogP) is 0.785. The summed E-state index contributed by atoms with van der Waals surface area (Å²) in [5.41, 5.74) is 0. The van der Waals surface area contributed by atoms with Crippen molar-refractivity contribution in [3.05, 3.63) is 17.1 Å². The zero-order chi connectivity index (χ0) is 5.11. The van der Waals surface area contributed by atoms with Crippen LogP contribution >= 0.6 is 0 Å².